The minimum absolute atomic E-state index is 0.0396. The zero-order valence-electron chi connectivity index (χ0n) is 10.9. The van der Waals surface area contributed by atoms with Crippen LogP contribution in [0, 0.1) is 5.92 Å². The molecule has 0 saturated heterocycles. The summed E-state index contributed by atoms with van der Waals surface area (Å²) in [5, 5.41) is 16.4. The SMILES string of the molecule is CC(=O)CCc1ccc(=O)n(C(=[NH2+])C(C)C(=O)[O-])c1. The molecule has 0 aromatic carbocycles. The molecule has 2 N–H and O–H groups in total. The maximum atomic E-state index is 11.7. The third kappa shape index (κ3) is 3.87. The van der Waals surface area contributed by atoms with Crippen molar-refractivity contribution in [2.75, 3.05) is 0 Å². The number of ketones is 1. The quantitative estimate of drug-likeness (QED) is 0.479. The number of rotatable bonds is 5. The number of hydrogen-bond acceptors (Lipinski definition) is 4. The highest BCUT2D eigenvalue weighted by Gasteiger charge is 2.20. The summed E-state index contributed by atoms with van der Waals surface area (Å²) in [5.74, 6) is -2.48. The molecule has 0 radical (unpaired) electrons. The van der Waals surface area contributed by atoms with Crippen LogP contribution in [0.15, 0.2) is 23.1 Å². The highest BCUT2D eigenvalue weighted by atomic mass is 16.4. The van der Waals surface area contributed by atoms with Gasteiger partial charge in [0.2, 0.25) is 0 Å². The first kappa shape index (κ1) is 14.8. The molecule has 6 nitrogen and oxygen atoms in total. The standard InChI is InChI=1S/C13H16N2O4/c1-8(16)3-4-10-5-6-11(17)15(7-10)12(14)9(2)13(18)19/h5-7,9,14H,3-4H2,1-2H3,(H,18,19). The topological polar surface area (TPSA) is 105 Å². The van der Waals surface area contributed by atoms with Gasteiger partial charge in [-0.05, 0) is 31.9 Å². The third-order valence-electron chi connectivity index (χ3n) is 2.81. The number of aryl methyl sites for hydroxylation is 1. The third-order valence-corrected chi connectivity index (χ3v) is 2.81. The highest BCUT2D eigenvalue weighted by Crippen LogP contribution is 2.03. The van der Waals surface area contributed by atoms with Crippen LogP contribution in [-0.2, 0) is 16.0 Å². The largest absolute Gasteiger partial charge is 0.549 e. The van der Waals surface area contributed by atoms with E-state index in [1.165, 1.54) is 26.1 Å². The van der Waals surface area contributed by atoms with Gasteiger partial charge in [-0.2, -0.15) is 4.57 Å². The van der Waals surface area contributed by atoms with Crippen molar-refractivity contribution in [3.63, 3.8) is 0 Å². The summed E-state index contributed by atoms with van der Waals surface area (Å²) in [6, 6.07) is 2.89. The Bertz CT molecular complexity index is 574. The van der Waals surface area contributed by atoms with Crippen LogP contribution in [0.2, 0.25) is 0 Å². The lowest BCUT2D eigenvalue weighted by Crippen LogP contribution is -2.55. The molecule has 0 aliphatic heterocycles. The van der Waals surface area contributed by atoms with Gasteiger partial charge in [0.05, 0.1) is 11.9 Å². The van der Waals surface area contributed by atoms with Crippen LogP contribution >= 0.6 is 0 Å². The second-order valence-electron chi connectivity index (χ2n) is 4.41. The Morgan fingerprint density at radius 1 is 1.42 bits per heavy atom. The first-order valence-electron chi connectivity index (χ1n) is 5.87. The van der Waals surface area contributed by atoms with Crippen LogP contribution in [0.1, 0.15) is 25.8 Å². The van der Waals surface area contributed by atoms with Crippen molar-refractivity contribution in [1.82, 2.24) is 4.57 Å². The van der Waals surface area contributed by atoms with Crippen molar-refractivity contribution in [2.24, 2.45) is 5.92 Å². The smallest absolute Gasteiger partial charge is 0.338 e. The van der Waals surface area contributed by atoms with Crippen LogP contribution < -0.4 is 16.1 Å². The number of hydrogen-bond donors (Lipinski definition) is 1. The number of Topliss-reactive ketones (excluding diaryl/α,β-unsaturated/α-hetero) is 1. The fourth-order valence-electron chi connectivity index (χ4n) is 1.53. The van der Waals surface area contributed by atoms with Gasteiger partial charge in [-0.25, -0.2) is 4.79 Å². The molecule has 1 unspecified atom stereocenters. The molecule has 0 aliphatic carbocycles. The van der Waals surface area contributed by atoms with Crippen molar-refractivity contribution in [2.45, 2.75) is 26.7 Å². The van der Waals surface area contributed by atoms with Gasteiger partial charge in [-0.1, -0.05) is 0 Å². The number of nitrogens with zero attached hydrogens (tertiary/aromatic N) is 1. The molecule has 0 aliphatic rings. The molecule has 1 aromatic heterocycles. The van der Waals surface area contributed by atoms with Crippen molar-refractivity contribution >= 4 is 17.6 Å². The fourth-order valence-corrected chi connectivity index (χ4v) is 1.53. The number of carboxylic acid groups (broad SMARTS) is 1. The van der Waals surface area contributed by atoms with Gasteiger partial charge in [-0.3, -0.25) is 5.41 Å². The van der Waals surface area contributed by atoms with Crippen molar-refractivity contribution in [3.05, 3.63) is 34.2 Å². The second-order valence-corrected chi connectivity index (χ2v) is 4.41. The number of aliphatic carboxylic acids is 1. The van der Waals surface area contributed by atoms with Crippen LogP contribution in [0.5, 0.6) is 0 Å². The average Bonchev–Trinajstić information content (AvgIpc) is 2.35. The van der Waals surface area contributed by atoms with Crippen LogP contribution in [0.25, 0.3) is 0 Å². The number of carbonyl (C=O) groups is 2. The minimum Gasteiger partial charge on any atom is -0.549 e. The Morgan fingerprint density at radius 3 is 2.58 bits per heavy atom. The summed E-state index contributed by atoms with van der Waals surface area (Å²) in [6.07, 6.45) is 2.29. The maximum Gasteiger partial charge on any atom is 0.338 e. The van der Waals surface area contributed by atoms with E-state index in [1.54, 1.807) is 6.07 Å². The second kappa shape index (κ2) is 6.08. The maximum absolute atomic E-state index is 11.7. The van der Waals surface area contributed by atoms with E-state index in [2.05, 4.69) is 0 Å². The first-order valence-corrected chi connectivity index (χ1v) is 5.87. The van der Waals surface area contributed by atoms with Crippen LogP contribution in [0.3, 0.4) is 0 Å². The Balaban J connectivity index is 3.03. The van der Waals surface area contributed by atoms with Crippen molar-refractivity contribution < 1.29 is 20.1 Å². The Morgan fingerprint density at radius 2 is 2.05 bits per heavy atom. The molecular weight excluding hydrogens is 248 g/mol. The number of carbonyl (C=O) groups excluding carboxylic acids is 2. The first-order chi connectivity index (χ1) is 8.82. The van der Waals surface area contributed by atoms with Crippen molar-refractivity contribution in [1.29, 1.82) is 0 Å². The summed E-state index contributed by atoms with van der Waals surface area (Å²) in [7, 11) is 0. The van der Waals surface area contributed by atoms with Gasteiger partial charge in [0.15, 0.2) is 0 Å². The van der Waals surface area contributed by atoms with E-state index >= 15 is 0 Å². The van der Waals surface area contributed by atoms with Gasteiger partial charge in [0.1, 0.15) is 12.0 Å². The van der Waals surface area contributed by atoms with Gasteiger partial charge >= 0.3 is 5.56 Å². The predicted octanol–water partition coefficient (Wildman–Crippen LogP) is -2.24. The van der Waals surface area contributed by atoms with Crippen LogP contribution in [-0.4, -0.2) is 22.2 Å². The molecule has 0 saturated carbocycles. The lowest BCUT2D eigenvalue weighted by molar-refractivity contribution is -0.309. The molecule has 0 fully saturated rings. The monoisotopic (exact) mass is 264 g/mol. The minimum atomic E-state index is -1.35. The van der Waals surface area contributed by atoms with Gasteiger partial charge in [0, 0.05) is 12.5 Å². The molecule has 1 rings (SSSR count). The van der Waals surface area contributed by atoms with E-state index < -0.39 is 17.4 Å². The number of nitrogens with two attached hydrogens (primary N) is 1. The van der Waals surface area contributed by atoms with E-state index in [1.807, 2.05) is 0 Å². The summed E-state index contributed by atoms with van der Waals surface area (Å²) in [4.78, 5) is 33.3. The number of carboxylic acids is 1. The highest BCUT2D eigenvalue weighted by molar-refractivity contribution is 5.96. The molecule has 0 spiro atoms. The van der Waals surface area contributed by atoms with Gasteiger partial charge in [-0.15, -0.1) is 0 Å². The summed E-state index contributed by atoms with van der Waals surface area (Å²) < 4.78 is 1.08. The Labute approximate surface area is 110 Å². The zero-order chi connectivity index (χ0) is 14.6. The Kier molecular flexibility index (Phi) is 4.74. The molecular formula is C13H16N2O4. The molecule has 0 bridgehead atoms. The average molecular weight is 264 g/mol. The van der Waals surface area contributed by atoms with E-state index in [4.69, 9.17) is 5.41 Å². The van der Waals surface area contributed by atoms with Gasteiger partial charge in [0.25, 0.3) is 5.84 Å². The zero-order valence-corrected chi connectivity index (χ0v) is 10.9. The summed E-state index contributed by atoms with van der Waals surface area (Å²) in [5.41, 5.74) is 0.320. The van der Waals surface area contributed by atoms with Crippen LogP contribution in [0.4, 0.5) is 0 Å². The van der Waals surface area contributed by atoms with E-state index in [9.17, 15) is 19.5 Å². The predicted molar refractivity (Wildman–Crippen MR) is 66.2 cm³/mol. The normalized spacial score (nSPS) is 11.9. The Hall–Kier alpha value is -2.24. The molecule has 6 heteroatoms. The lowest BCUT2D eigenvalue weighted by Gasteiger charge is -2.10. The molecule has 1 atom stereocenters. The number of pyridine rings is 1. The summed E-state index contributed by atoms with van der Waals surface area (Å²) >= 11 is 0. The fraction of sp³-hybridized carbons (Fsp3) is 0.385. The number of aromatic nitrogens is 1. The van der Waals surface area contributed by atoms with Crippen molar-refractivity contribution in [3.8, 4) is 0 Å². The molecule has 1 aromatic rings. The summed E-state index contributed by atoms with van der Waals surface area (Å²) in [6.45, 7) is 2.83. The van der Waals surface area contributed by atoms with Gasteiger partial charge < -0.3 is 14.7 Å². The van der Waals surface area contributed by atoms with E-state index in [-0.39, 0.29) is 11.6 Å². The molecule has 102 valence electrons. The lowest BCUT2D eigenvalue weighted by atomic mass is 10.1. The van der Waals surface area contributed by atoms with E-state index in [0.29, 0.717) is 12.8 Å². The molecule has 1 heterocycles. The molecule has 0 amide bonds. The van der Waals surface area contributed by atoms with E-state index in [0.717, 1.165) is 10.1 Å². The molecule has 19 heavy (non-hydrogen) atoms.